The summed E-state index contributed by atoms with van der Waals surface area (Å²) in [6.07, 6.45) is 1.25. The van der Waals surface area contributed by atoms with Gasteiger partial charge in [-0.25, -0.2) is 9.18 Å². The van der Waals surface area contributed by atoms with Crippen LogP contribution in [0.1, 0.15) is 17.3 Å². The van der Waals surface area contributed by atoms with E-state index in [4.69, 9.17) is 4.74 Å². The number of pyridine rings is 1. The number of aromatic nitrogens is 1. The van der Waals surface area contributed by atoms with Gasteiger partial charge in [-0.05, 0) is 41.6 Å². The number of hydrogen-bond donors (Lipinski definition) is 1. The van der Waals surface area contributed by atoms with Crippen molar-refractivity contribution in [1.82, 2.24) is 4.68 Å². The van der Waals surface area contributed by atoms with Crippen molar-refractivity contribution in [2.75, 3.05) is 19.1 Å². The van der Waals surface area contributed by atoms with E-state index in [-0.39, 0.29) is 23.1 Å². The van der Waals surface area contributed by atoms with Crippen LogP contribution in [0, 0.1) is 9.39 Å². The molecule has 0 saturated heterocycles. The maximum absolute atomic E-state index is 14.0. The maximum atomic E-state index is 14.0. The van der Waals surface area contributed by atoms with Gasteiger partial charge in [0.1, 0.15) is 11.1 Å². The van der Waals surface area contributed by atoms with Gasteiger partial charge in [0.2, 0.25) is 5.43 Å². The second kappa shape index (κ2) is 5.78. The van der Waals surface area contributed by atoms with E-state index >= 15 is 0 Å². The number of nitrogens with one attached hydrogen (secondary N) is 1. The molecule has 2 rings (SSSR count). The topological polar surface area (TPSA) is 60.3 Å². The first-order valence-electron chi connectivity index (χ1n) is 5.88. The molecular formula is C13H12FIN2O3. The molecule has 0 aliphatic heterocycles. The summed E-state index contributed by atoms with van der Waals surface area (Å²) in [5.41, 5.74) is 2.16. The summed E-state index contributed by atoms with van der Waals surface area (Å²) >= 11 is 1.91. The summed E-state index contributed by atoms with van der Waals surface area (Å²) in [6.45, 7) is 1.81. The van der Waals surface area contributed by atoms with E-state index in [1.165, 1.54) is 23.0 Å². The Balaban J connectivity index is 2.85. The third kappa shape index (κ3) is 2.49. The lowest BCUT2D eigenvalue weighted by Gasteiger charge is -2.13. The number of esters is 1. The molecule has 1 N–H and O–H groups in total. The largest absolute Gasteiger partial charge is 0.462 e. The standard InChI is InChI=1S/C13H12FIN2O3/c1-3-20-13(19)9-6-17(16-2)11-8(12(9)18)4-7(15)5-10(11)14/h4-6,16H,3H2,1-2H3. The number of benzene rings is 1. The Kier molecular flexibility index (Phi) is 4.26. The summed E-state index contributed by atoms with van der Waals surface area (Å²) in [6, 6.07) is 2.86. The molecule has 0 aliphatic rings. The lowest BCUT2D eigenvalue weighted by Crippen LogP contribution is -2.24. The average Bonchev–Trinajstić information content (AvgIpc) is 2.39. The number of hydrogen-bond acceptors (Lipinski definition) is 4. The molecule has 5 nitrogen and oxygen atoms in total. The van der Waals surface area contributed by atoms with Crippen molar-refractivity contribution in [2.24, 2.45) is 0 Å². The zero-order chi connectivity index (χ0) is 14.9. The van der Waals surface area contributed by atoms with Gasteiger partial charge in [-0.3, -0.25) is 9.47 Å². The highest BCUT2D eigenvalue weighted by atomic mass is 127. The Morgan fingerprint density at radius 2 is 2.20 bits per heavy atom. The highest BCUT2D eigenvalue weighted by molar-refractivity contribution is 14.1. The molecule has 0 amide bonds. The van der Waals surface area contributed by atoms with Crippen molar-refractivity contribution in [1.29, 1.82) is 0 Å². The molecule has 0 spiro atoms. The highest BCUT2D eigenvalue weighted by Crippen LogP contribution is 2.19. The van der Waals surface area contributed by atoms with Crippen molar-refractivity contribution < 1.29 is 13.9 Å². The minimum absolute atomic E-state index is 0.103. The van der Waals surface area contributed by atoms with Gasteiger partial charge in [0.25, 0.3) is 0 Å². The van der Waals surface area contributed by atoms with Crippen LogP contribution in [0.2, 0.25) is 0 Å². The van der Waals surface area contributed by atoms with Gasteiger partial charge in [0.05, 0.1) is 12.0 Å². The normalized spacial score (nSPS) is 10.6. The zero-order valence-corrected chi connectivity index (χ0v) is 13.0. The second-order valence-electron chi connectivity index (χ2n) is 3.97. The van der Waals surface area contributed by atoms with Crippen molar-refractivity contribution in [3.8, 4) is 0 Å². The smallest absolute Gasteiger partial charge is 0.343 e. The highest BCUT2D eigenvalue weighted by Gasteiger charge is 2.18. The van der Waals surface area contributed by atoms with E-state index in [0.29, 0.717) is 3.57 Å². The predicted octanol–water partition coefficient (Wildman–Crippen LogP) is 2.10. The van der Waals surface area contributed by atoms with E-state index in [1.54, 1.807) is 14.0 Å². The summed E-state index contributed by atoms with van der Waals surface area (Å²) in [7, 11) is 1.57. The first-order valence-corrected chi connectivity index (χ1v) is 6.96. The van der Waals surface area contributed by atoms with E-state index in [2.05, 4.69) is 5.43 Å². The third-order valence-electron chi connectivity index (χ3n) is 2.75. The van der Waals surface area contributed by atoms with Gasteiger partial charge >= 0.3 is 5.97 Å². The van der Waals surface area contributed by atoms with Gasteiger partial charge in [-0.1, -0.05) is 0 Å². The molecular weight excluding hydrogens is 378 g/mol. The fourth-order valence-electron chi connectivity index (χ4n) is 1.91. The van der Waals surface area contributed by atoms with Crippen LogP contribution in [-0.4, -0.2) is 24.3 Å². The van der Waals surface area contributed by atoms with Crippen LogP contribution in [0.3, 0.4) is 0 Å². The minimum atomic E-state index is -0.720. The van der Waals surface area contributed by atoms with Crippen molar-refractivity contribution in [3.05, 3.63) is 43.5 Å². The molecule has 2 aromatic rings. The molecule has 106 valence electrons. The predicted molar refractivity (Wildman–Crippen MR) is 82.1 cm³/mol. The van der Waals surface area contributed by atoms with Gasteiger partial charge in [-0.15, -0.1) is 0 Å². The monoisotopic (exact) mass is 390 g/mol. The molecule has 0 bridgehead atoms. The van der Waals surface area contributed by atoms with Gasteiger partial charge in [0.15, 0.2) is 5.82 Å². The molecule has 0 fully saturated rings. The molecule has 0 unspecified atom stereocenters. The van der Waals surface area contributed by atoms with Gasteiger partial charge in [0, 0.05) is 16.8 Å². The van der Waals surface area contributed by atoms with Crippen LogP contribution in [0.4, 0.5) is 4.39 Å². The van der Waals surface area contributed by atoms with E-state index in [1.807, 2.05) is 22.6 Å². The zero-order valence-electron chi connectivity index (χ0n) is 10.9. The Hall–Kier alpha value is -1.64. The van der Waals surface area contributed by atoms with Crippen LogP contribution in [0.15, 0.2) is 23.1 Å². The summed E-state index contributed by atoms with van der Waals surface area (Å²) < 4.78 is 20.8. The van der Waals surface area contributed by atoms with Gasteiger partial charge in [-0.2, -0.15) is 0 Å². The SMILES string of the molecule is CCOC(=O)c1cn(NC)c2c(F)cc(I)cc2c1=O. The first-order chi connectivity index (χ1) is 9.49. The second-order valence-corrected chi connectivity index (χ2v) is 5.22. The third-order valence-corrected chi connectivity index (χ3v) is 3.38. The number of fused-ring (bicyclic) bond motifs is 1. The number of carbonyl (C=O) groups is 1. The van der Waals surface area contributed by atoms with Crippen molar-refractivity contribution >= 4 is 39.5 Å². The van der Waals surface area contributed by atoms with Crippen LogP contribution in [0.5, 0.6) is 0 Å². The molecule has 20 heavy (non-hydrogen) atoms. The fourth-order valence-corrected chi connectivity index (χ4v) is 2.50. The van der Waals surface area contributed by atoms with Crippen LogP contribution in [-0.2, 0) is 4.74 Å². The molecule has 1 aromatic carbocycles. The molecule has 0 saturated carbocycles. The first kappa shape index (κ1) is 14.8. The van der Waals surface area contributed by atoms with E-state index in [9.17, 15) is 14.0 Å². The van der Waals surface area contributed by atoms with E-state index in [0.717, 1.165) is 0 Å². The van der Waals surface area contributed by atoms with Crippen LogP contribution >= 0.6 is 22.6 Å². The number of carbonyl (C=O) groups excluding carboxylic acids is 1. The van der Waals surface area contributed by atoms with Crippen molar-refractivity contribution in [2.45, 2.75) is 6.92 Å². The molecule has 0 aliphatic carbocycles. The summed E-state index contributed by atoms with van der Waals surface area (Å²) in [4.78, 5) is 24.1. The fraction of sp³-hybridized carbons (Fsp3) is 0.231. The van der Waals surface area contributed by atoms with E-state index < -0.39 is 17.2 Å². The number of ether oxygens (including phenoxy) is 1. The summed E-state index contributed by atoms with van der Waals surface area (Å²) in [5.74, 6) is -1.25. The quantitative estimate of drug-likeness (QED) is 0.644. The van der Waals surface area contributed by atoms with Crippen molar-refractivity contribution in [3.63, 3.8) is 0 Å². The number of nitrogens with zero attached hydrogens (tertiary/aromatic N) is 1. The Bertz CT molecular complexity index is 742. The molecule has 7 heteroatoms. The van der Waals surface area contributed by atoms with Crippen LogP contribution in [0.25, 0.3) is 10.9 Å². The number of halogens is 2. The summed E-state index contributed by atoms with van der Waals surface area (Å²) in [5, 5.41) is 0.134. The molecule has 1 heterocycles. The Labute approximate surface area is 127 Å². The lowest BCUT2D eigenvalue weighted by atomic mass is 10.1. The maximum Gasteiger partial charge on any atom is 0.343 e. The molecule has 1 aromatic heterocycles. The Morgan fingerprint density at radius 3 is 2.80 bits per heavy atom. The number of rotatable bonds is 3. The molecule has 0 radical (unpaired) electrons. The average molecular weight is 390 g/mol. The molecule has 0 atom stereocenters. The minimum Gasteiger partial charge on any atom is -0.462 e. The lowest BCUT2D eigenvalue weighted by molar-refractivity contribution is 0.0524. The Morgan fingerprint density at radius 1 is 1.50 bits per heavy atom. The van der Waals surface area contributed by atoms with Crippen LogP contribution < -0.4 is 10.9 Å². The van der Waals surface area contributed by atoms with Gasteiger partial charge < -0.3 is 10.2 Å².